The molecule has 1 amide bonds. The molecule has 3 aromatic rings. The summed E-state index contributed by atoms with van der Waals surface area (Å²) in [6.45, 7) is 6.25. The fourth-order valence-electron chi connectivity index (χ4n) is 3.84. The van der Waals surface area contributed by atoms with Gasteiger partial charge in [0.15, 0.2) is 15.5 Å². The number of aromatic nitrogens is 2. The summed E-state index contributed by atoms with van der Waals surface area (Å²) in [7, 11) is -3.08. The number of hydrogen-bond acceptors (Lipinski definition) is 4. The van der Waals surface area contributed by atoms with E-state index in [0.717, 1.165) is 16.8 Å². The maximum absolute atomic E-state index is 12.9. The fraction of sp³-hybridized carbons (Fsp3) is 0.333. The van der Waals surface area contributed by atoms with Gasteiger partial charge in [0.05, 0.1) is 23.2 Å². The first-order valence-electron chi connectivity index (χ1n) is 10.5. The zero-order valence-electron chi connectivity index (χ0n) is 18.0. The molecule has 1 atom stereocenters. The molecule has 7 heteroatoms. The van der Waals surface area contributed by atoms with Gasteiger partial charge in [0.25, 0.3) is 5.91 Å². The third-order valence-corrected chi connectivity index (χ3v) is 7.46. The maximum Gasteiger partial charge on any atom is 0.276 e. The molecule has 1 fully saturated rings. The summed E-state index contributed by atoms with van der Waals surface area (Å²) in [5.74, 6) is 0.297. The average molecular weight is 438 g/mol. The van der Waals surface area contributed by atoms with Crippen molar-refractivity contribution >= 4 is 21.4 Å². The highest BCUT2D eigenvalue weighted by Crippen LogP contribution is 2.30. The van der Waals surface area contributed by atoms with Crippen LogP contribution in [0.15, 0.2) is 54.6 Å². The molecule has 31 heavy (non-hydrogen) atoms. The van der Waals surface area contributed by atoms with E-state index in [9.17, 15) is 13.2 Å². The van der Waals surface area contributed by atoms with Crippen LogP contribution in [-0.2, 0) is 9.84 Å². The highest BCUT2D eigenvalue weighted by Gasteiger charge is 2.32. The zero-order chi connectivity index (χ0) is 22.2. The van der Waals surface area contributed by atoms with E-state index in [4.69, 9.17) is 0 Å². The number of nitrogens with one attached hydrogen (secondary N) is 1. The number of carbonyl (C=O) groups is 1. The maximum atomic E-state index is 12.9. The van der Waals surface area contributed by atoms with Crippen molar-refractivity contribution in [3.63, 3.8) is 0 Å². The van der Waals surface area contributed by atoms with Crippen LogP contribution in [0.4, 0.5) is 5.69 Å². The summed E-state index contributed by atoms with van der Waals surface area (Å²) < 4.78 is 25.8. The largest absolute Gasteiger partial charge is 0.321 e. The smallest absolute Gasteiger partial charge is 0.276 e. The lowest BCUT2D eigenvalue weighted by molar-refractivity contribution is 0.102. The molecular weight excluding hydrogens is 410 g/mol. The minimum absolute atomic E-state index is 0.0469. The van der Waals surface area contributed by atoms with Crippen molar-refractivity contribution < 1.29 is 13.2 Å². The number of sulfone groups is 1. The molecule has 2 aromatic carbocycles. The summed E-state index contributed by atoms with van der Waals surface area (Å²) in [6.07, 6.45) is 0.501. The van der Waals surface area contributed by atoms with E-state index in [-0.39, 0.29) is 29.1 Å². The van der Waals surface area contributed by atoms with Gasteiger partial charge in [-0.3, -0.25) is 9.48 Å². The first kappa shape index (κ1) is 21.3. The van der Waals surface area contributed by atoms with Crippen molar-refractivity contribution in [1.29, 1.82) is 0 Å². The topological polar surface area (TPSA) is 81.1 Å². The second-order valence-corrected chi connectivity index (χ2v) is 10.7. The summed E-state index contributed by atoms with van der Waals surface area (Å²) in [4.78, 5) is 12.9. The first-order chi connectivity index (χ1) is 14.7. The van der Waals surface area contributed by atoms with Gasteiger partial charge in [0, 0.05) is 5.69 Å². The molecule has 1 saturated heterocycles. The lowest BCUT2D eigenvalue weighted by Gasteiger charge is -2.13. The molecule has 1 aromatic heterocycles. The Balaban J connectivity index is 1.65. The molecule has 162 valence electrons. The Morgan fingerprint density at radius 3 is 2.35 bits per heavy atom. The van der Waals surface area contributed by atoms with E-state index in [1.807, 2.05) is 55.5 Å². The molecule has 1 aliphatic heterocycles. The standard InChI is InChI=1S/C24H27N3O3S/c1-16(2)18-8-10-20(11-9-18)25-24(28)22-14-23(19-6-4-17(3)5-7-19)27(26-22)21-12-13-31(29,30)15-21/h4-11,14,16,21H,12-13,15H2,1-3H3,(H,25,28)/t21-/m0/s1. The Hall–Kier alpha value is -2.93. The van der Waals surface area contributed by atoms with Crippen molar-refractivity contribution in [2.24, 2.45) is 0 Å². The number of rotatable bonds is 5. The lowest BCUT2D eigenvalue weighted by atomic mass is 10.0. The SMILES string of the molecule is Cc1ccc(-c2cc(C(=O)Nc3ccc(C(C)C)cc3)nn2[C@H]2CCS(=O)(=O)C2)cc1. The number of benzene rings is 2. The fourth-order valence-corrected chi connectivity index (χ4v) is 5.53. The molecule has 0 aliphatic carbocycles. The minimum atomic E-state index is -3.08. The van der Waals surface area contributed by atoms with Crippen LogP contribution in [0.5, 0.6) is 0 Å². The van der Waals surface area contributed by atoms with Gasteiger partial charge < -0.3 is 5.32 Å². The molecule has 1 aliphatic rings. The Labute approximate surface area is 183 Å². The van der Waals surface area contributed by atoms with Gasteiger partial charge in [-0.25, -0.2) is 8.42 Å². The van der Waals surface area contributed by atoms with Crippen LogP contribution in [0.3, 0.4) is 0 Å². The molecule has 0 unspecified atom stereocenters. The van der Waals surface area contributed by atoms with Crippen molar-refractivity contribution in [3.05, 3.63) is 71.4 Å². The van der Waals surface area contributed by atoms with Gasteiger partial charge in [-0.1, -0.05) is 55.8 Å². The van der Waals surface area contributed by atoms with Gasteiger partial charge >= 0.3 is 0 Å². The molecule has 4 rings (SSSR count). The third kappa shape index (κ3) is 4.71. The zero-order valence-corrected chi connectivity index (χ0v) is 18.8. The van der Waals surface area contributed by atoms with Crippen LogP contribution in [0.1, 0.15) is 53.8 Å². The second kappa shape index (κ2) is 8.30. The van der Waals surface area contributed by atoms with Gasteiger partial charge in [0.1, 0.15) is 0 Å². The Morgan fingerprint density at radius 1 is 1.10 bits per heavy atom. The highest BCUT2D eigenvalue weighted by atomic mass is 32.2. The quantitative estimate of drug-likeness (QED) is 0.633. The molecule has 0 spiro atoms. The molecule has 2 heterocycles. The number of hydrogen-bond donors (Lipinski definition) is 1. The number of aryl methyl sites for hydroxylation is 1. The number of carbonyl (C=O) groups excluding carboxylic acids is 1. The first-order valence-corrected chi connectivity index (χ1v) is 12.3. The third-order valence-electron chi connectivity index (χ3n) is 5.71. The average Bonchev–Trinajstić information content (AvgIpc) is 3.32. The van der Waals surface area contributed by atoms with E-state index < -0.39 is 9.84 Å². The van der Waals surface area contributed by atoms with Crippen LogP contribution in [0.2, 0.25) is 0 Å². The van der Waals surface area contributed by atoms with E-state index in [2.05, 4.69) is 24.3 Å². The van der Waals surface area contributed by atoms with Crippen LogP contribution in [0, 0.1) is 6.92 Å². The predicted octanol–water partition coefficient (Wildman–Crippen LogP) is 4.59. The lowest BCUT2D eigenvalue weighted by Crippen LogP contribution is -2.16. The van der Waals surface area contributed by atoms with Crippen LogP contribution in [0.25, 0.3) is 11.3 Å². The van der Waals surface area contributed by atoms with Crippen molar-refractivity contribution in [2.45, 2.75) is 39.2 Å². The van der Waals surface area contributed by atoms with Gasteiger partial charge in [-0.05, 0) is 48.6 Å². The Morgan fingerprint density at radius 2 is 1.77 bits per heavy atom. The monoisotopic (exact) mass is 437 g/mol. The van der Waals surface area contributed by atoms with E-state index in [1.54, 1.807) is 10.7 Å². The predicted molar refractivity (Wildman–Crippen MR) is 123 cm³/mol. The molecule has 6 nitrogen and oxygen atoms in total. The normalized spacial score (nSPS) is 17.7. The number of anilines is 1. The number of nitrogens with zero attached hydrogens (tertiary/aromatic N) is 2. The summed E-state index contributed by atoms with van der Waals surface area (Å²) >= 11 is 0. The summed E-state index contributed by atoms with van der Waals surface area (Å²) in [6, 6.07) is 17.2. The van der Waals surface area contributed by atoms with E-state index in [0.29, 0.717) is 18.0 Å². The van der Waals surface area contributed by atoms with Crippen LogP contribution < -0.4 is 5.32 Å². The van der Waals surface area contributed by atoms with Gasteiger partial charge in [0.2, 0.25) is 0 Å². The number of amides is 1. The molecule has 0 bridgehead atoms. The van der Waals surface area contributed by atoms with Crippen LogP contribution in [-0.4, -0.2) is 35.6 Å². The van der Waals surface area contributed by atoms with Gasteiger partial charge in [-0.2, -0.15) is 5.10 Å². The van der Waals surface area contributed by atoms with Crippen molar-refractivity contribution in [2.75, 3.05) is 16.8 Å². The van der Waals surface area contributed by atoms with E-state index >= 15 is 0 Å². The summed E-state index contributed by atoms with van der Waals surface area (Å²) in [5, 5.41) is 7.44. The van der Waals surface area contributed by atoms with Crippen molar-refractivity contribution in [3.8, 4) is 11.3 Å². The molecule has 1 N–H and O–H groups in total. The molecule has 0 radical (unpaired) electrons. The molecule has 0 saturated carbocycles. The van der Waals surface area contributed by atoms with Crippen LogP contribution >= 0.6 is 0 Å². The van der Waals surface area contributed by atoms with Gasteiger partial charge in [-0.15, -0.1) is 0 Å². The molecular formula is C24H27N3O3S. The van der Waals surface area contributed by atoms with E-state index in [1.165, 1.54) is 5.56 Å². The minimum Gasteiger partial charge on any atom is -0.321 e. The van der Waals surface area contributed by atoms with Crippen molar-refractivity contribution in [1.82, 2.24) is 9.78 Å². The Bertz CT molecular complexity index is 1190. The second-order valence-electron chi connectivity index (χ2n) is 8.51. The summed E-state index contributed by atoms with van der Waals surface area (Å²) in [5.41, 5.74) is 4.95. The highest BCUT2D eigenvalue weighted by molar-refractivity contribution is 7.91. The Kier molecular flexibility index (Phi) is 5.71.